The second kappa shape index (κ2) is 8.76. The van der Waals surface area contributed by atoms with E-state index in [1.54, 1.807) is 42.9 Å². The van der Waals surface area contributed by atoms with E-state index in [4.69, 9.17) is 0 Å². The van der Waals surface area contributed by atoms with Gasteiger partial charge in [0.2, 0.25) is 11.9 Å². The molecule has 0 spiro atoms. The van der Waals surface area contributed by atoms with Crippen molar-refractivity contribution in [3.05, 3.63) is 59.3 Å². The van der Waals surface area contributed by atoms with Gasteiger partial charge in [-0.3, -0.25) is 9.48 Å². The summed E-state index contributed by atoms with van der Waals surface area (Å²) in [6.07, 6.45) is -1.09. The van der Waals surface area contributed by atoms with Crippen LogP contribution in [0.4, 0.5) is 30.6 Å². The van der Waals surface area contributed by atoms with Crippen LogP contribution in [0.5, 0.6) is 0 Å². The van der Waals surface area contributed by atoms with E-state index < -0.39 is 11.9 Å². The first-order valence-electron chi connectivity index (χ1n) is 10.4. The predicted octanol–water partition coefficient (Wildman–Crippen LogP) is 3.48. The fourth-order valence-electron chi connectivity index (χ4n) is 3.61. The van der Waals surface area contributed by atoms with E-state index in [1.165, 1.54) is 6.07 Å². The van der Waals surface area contributed by atoms with Crippen molar-refractivity contribution in [3.63, 3.8) is 0 Å². The van der Waals surface area contributed by atoms with Gasteiger partial charge < -0.3 is 15.5 Å². The van der Waals surface area contributed by atoms with Gasteiger partial charge in [0.25, 0.3) is 0 Å². The number of nitrogens with zero attached hydrogens (tertiary/aromatic N) is 6. The molecular formula is C22H23F3N8O. The first-order chi connectivity index (χ1) is 16.0. The molecule has 0 atom stereocenters. The van der Waals surface area contributed by atoms with Crippen molar-refractivity contribution in [1.82, 2.24) is 24.7 Å². The van der Waals surface area contributed by atoms with Gasteiger partial charge in [-0.05, 0) is 31.1 Å². The molecule has 4 rings (SSSR count). The molecule has 9 nitrogen and oxygen atoms in total. The number of carbonyl (C=O) groups excluding carboxylic acids is 1. The lowest BCUT2D eigenvalue weighted by Crippen LogP contribution is -2.36. The van der Waals surface area contributed by atoms with E-state index in [-0.39, 0.29) is 24.7 Å². The maximum absolute atomic E-state index is 13.0. The monoisotopic (exact) mass is 472 g/mol. The summed E-state index contributed by atoms with van der Waals surface area (Å²) in [4.78, 5) is 26.1. The number of fused-ring (bicyclic) bond motifs is 1. The van der Waals surface area contributed by atoms with Crippen LogP contribution >= 0.6 is 0 Å². The van der Waals surface area contributed by atoms with E-state index in [0.717, 1.165) is 11.6 Å². The summed E-state index contributed by atoms with van der Waals surface area (Å²) >= 11 is 0. The van der Waals surface area contributed by atoms with E-state index in [9.17, 15) is 18.0 Å². The molecule has 0 aromatic carbocycles. The predicted molar refractivity (Wildman–Crippen MR) is 121 cm³/mol. The van der Waals surface area contributed by atoms with Crippen LogP contribution in [-0.4, -0.2) is 44.2 Å². The molecule has 0 saturated carbocycles. The molecule has 1 aliphatic heterocycles. The van der Waals surface area contributed by atoms with Gasteiger partial charge in [-0.15, -0.1) is 0 Å². The number of rotatable bonds is 6. The van der Waals surface area contributed by atoms with E-state index >= 15 is 0 Å². The van der Waals surface area contributed by atoms with Crippen molar-refractivity contribution < 1.29 is 18.0 Å². The number of carbonyl (C=O) groups is 1. The molecule has 0 radical (unpaired) electrons. The summed E-state index contributed by atoms with van der Waals surface area (Å²) in [5, 5.41) is 10.2. The number of aromatic nitrogens is 5. The van der Waals surface area contributed by atoms with Crippen LogP contribution in [0, 0.1) is 6.92 Å². The Kier molecular flexibility index (Phi) is 5.98. The number of hydrogen-bond acceptors (Lipinski definition) is 7. The number of pyridine rings is 1. The van der Waals surface area contributed by atoms with Gasteiger partial charge in [-0.25, -0.2) is 9.97 Å². The quantitative estimate of drug-likeness (QED) is 0.567. The van der Waals surface area contributed by atoms with Gasteiger partial charge in [0.15, 0.2) is 5.82 Å². The highest BCUT2D eigenvalue weighted by Crippen LogP contribution is 2.31. The highest BCUT2D eigenvalue weighted by atomic mass is 19.4. The molecule has 0 saturated heterocycles. The Bertz CT molecular complexity index is 1270. The minimum absolute atomic E-state index is 0.118. The number of likely N-dealkylation sites (N-methyl/N-ethyl adjacent to an activating group) is 1. The smallest absolute Gasteiger partial charge is 0.350 e. The molecule has 34 heavy (non-hydrogen) atoms. The third-order valence-corrected chi connectivity index (χ3v) is 5.22. The summed E-state index contributed by atoms with van der Waals surface area (Å²) in [5.41, 5.74) is 2.35. The Hall–Kier alpha value is -3.96. The van der Waals surface area contributed by atoms with E-state index in [1.807, 2.05) is 0 Å². The zero-order chi connectivity index (χ0) is 24.6. The third kappa shape index (κ3) is 4.85. The maximum atomic E-state index is 13.0. The highest BCUT2D eigenvalue weighted by Gasteiger charge is 2.33. The number of amides is 1. The van der Waals surface area contributed by atoms with Crippen molar-refractivity contribution in [2.45, 2.75) is 33.1 Å². The lowest BCUT2D eigenvalue weighted by atomic mass is 10.1. The average molecular weight is 472 g/mol. The molecule has 2 N–H and O–H groups in total. The molecule has 0 bridgehead atoms. The molecule has 1 aliphatic rings. The number of alkyl halides is 3. The summed E-state index contributed by atoms with van der Waals surface area (Å²) in [7, 11) is 1.78. The Morgan fingerprint density at radius 1 is 1.26 bits per heavy atom. The van der Waals surface area contributed by atoms with Gasteiger partial charge in [0.1, 0.15) is 11.4 Å². The number of aryl methyl sites for hydroxylation is 1. The van der Waals surface area contributed by atoms with Crippen LogP contribution in [0.2, 0.25) is 0 Å². The summed E-state index contributed by atoms with van der Waals surface area (Å²) < 4.78 is 40.7. The largest absolute Gasteiger partial charge is 0.433 e. The zero-order valence-electron chi connectivity index (χ0n) is 18.9. The van der Waals surface area contributed by atoms with E-state index in [0.29, 0.717) is 40.8 Å². The SMILES string of the molecule is C=C(C)c1nc(C(F)(F)F)ccc1Cn1cc(CNc2nc(C)c3c(n2)N(C)CC(=O)N3)cn1. The fourth-order valence-corrected chi connectivity index (χ4v) is 3.61. The number of anilines is 3. The van der Waals surface area contributed by atoms with Crippen molar-refractivity contribution in [2.24, 2.45) is 0 Å². The molecule has 12 heteroatoms. The van der Waals surface area contributed by atoms with Crippen molar-refractivity contribution in [1.29, 1.82) is 0 Å². The molecule has 0 aliphatic carbocycles. The van der Waals surface area contributed by atoms with Crippen LogP contribution in [0.15, 0.2) is 31.1 Å². The topological polar surface area (TPSA) is 101 Å². The van der Waals surface area contributed by atoms with Gasteiger partial charge >= 0.3 is 6.18 Å². The number of hydrogen-bond donors (Lipinski definition) is 2. The molecular weight excluding hydrogens is 449 g/mol. The minimum atomic E-state index is -4.52. The van der Waals surface area contributed by atoms with Crippen LogP contribution in [-0.2, 0) is 24.1 Å². The molecule has 178 valence electrons. The number of allylic oxidation sites excluding steroid dienone is 1. The molecule has 3 aromatic heterocycles. The van der Waals surface area contributed by atoms with E-state index in [2.05, 4.69) is 37.3 Å². The van der Waals surface area contributed by atoms with Gasteiger partial charge in [0, 0.05) is 25.4 Å². The van der Waals surface area contributed by atoms with Crippen molar-refractivity contribution in [2.75, 3.05) is 29.1 Å². The summed E-state index contributed by atoms with van der Waals surface area (Å²) in [6, 6.07) is 2.36. The second-order valence-electron chi connectivity index (χ2n) is 8.12. The number of halogens is 3. The first-order valence-corrected chi connectivity index (χ1v) is 10.4. The van der Waals surface area contributed by atoms with Gasteiger partial charge in [0.05, 0.1) is 30.7 Å². The lowest BCUT2D eigenvalue weighted by molar-refractivity contribution is -0.141. The van der Waals surface area contributed by atoms with Crippen LogP contribution < -0.4 is 15.5 Å². The standard InChI is InChI=1S/C22H23F3N8O/c1-12(2)18-15(5-6-16(29-18)22(23,24)25)10-33-9-14(8-27-33)7-26-21-28-13(3)19-20(31-21)32(4)11-17(34)30-19/h5-6,8-9H,1,7,10-11H2,2-4H3,(H,30,34)(H,26,28,31). The molecule has 0 fully saturated rings. The van der Waals surface area contributed by atoms with Crippen molar-refractivity contribution >= 4 is 28.9 Å². The molecule has 4 heterocycles. The normalized spacial score (nSPS) is 13.5. The summed E-state index contributed by atoms with van der Waals surface area (Å²) in [6.45, 7) is 8.00. The summed E-state index contributed by atoms with van der Waals surface area (Å²) in [5.74, 6) is 0.920. The second-order valence-corrected chi connectivity index (χ2v) is 8.12. The van der Waals surface area contributed by atoms with Gasteiger partial charge in [-0.2, -0.15) is 23.3 Å². The third-order valence-electron chi connectivity index (χ3n) is 5.22. The highest BCUT2D eigenvalue weighted by molar-refractivity contribution is 6.00. The zero-order valence-corrected chi connectivity index (χ0v) is 18.9. The first kappa shape index (κ1) is 23.2. The Labute approximate surface area is 193 Å². The van der Waals surface area contributed by atoms with Crippen LogP contribution in [0.3, 0.4) is 0 Å². The maximum Gasteiger partial charge on any atom is 0.433 e. The Morgan fingerprint density at radius 2 is 2.03 bits per heavy atom. The van der Waals surface area contributed by atoms with Crippen LogP contribution in [0.25, 0.3) is 5.57 Å². The lowest BCUT2D eigenvalue weighted by Gasteiger charge is -2.27. The average Bonchev–Trinajstić information content (AvgIpc) is 3.19. The Balaban J connectivity index is 1.47. The minimum Gasteiger partial charge on any atom is -0.350 e. The Morgan fingerprint density at radius 3 is 2.74 bits per heavy atom. The number of nitrogens with one attached hydrogen (secondary N) is 2. The fraction of sp³-hybridized carbons (Fsp3) is 0.318. The molecule has 1 amide bonds. The molecule has 3 aromatic rings. The van der Waals surface area contributed by atoms with Crippen LogP contribution in [0.1, 0.15) is 35.1 Å². The van der Waals surface area contributed by atoms with Crippen molar-refractivity contribution in [3.8, 4) is 0 Å². The van der Waals surface area contributed by atoms with Gasteiger partial charge in [-0.1, -0.05) is 12.6 Å². The molecule has 0 unspecified atom stereocenters.